The average molecular weight is 493 g/mol. The van der Waals surface area contributed by atoms with E-state index in [1.807, 2.05) is 0 Å². The van der Waals surface area contributed by atoms with Gasteiger partial charge in [-0.2, -0.15) is 0 Å². The van der Waals surface area contributed by atoms with Crippen LogP contribution in [-0.2, 0) is 15.6 Å². The summed E-state index contributed by atoms with van der Waals surface area (Å²) in [5.41, 5.74) is 9.46. The molecule has 1 saturated carbocycles. The summed E-state index contributed by atoms with van der Waals surface area (Å²) in [6.07, 6.45) is 11.3. The standard InChI is InChI=1S/C34H40N2O/c1-7-35-28-18-11-9-16-26(28)33(3,4)30(35)22-20-24-14-13-15-25(32(24)37)21-23-31-34(5,6)27-17-10-12-19-29(27)36(31)8-2/h9-12,16-23H,7-8,13-15H2,1-6H3/b24-20+,25-21+,30-22+,31-23+. The van der Waals surface area contributed by atoms with Crippen molar-refractivity contribution in [3.63, 3.8) is 0 Å². The summed E-state index contributed by atoms with van der Waals surface area (Å²) in [7, 11) is 0. The Kier molecular flexibility index (Phi) is 6.52. The van der Waals surface area contributed by atoms with E-state index in [2.05, 4.69) is 124 Å². The number of hydrogen-bond acceptors (Lipinski definition) is 3. The molecular weight excluding hydrogens is 452 g/mol. The summed E-state index contributed by atoms with van der Waals surface area (Å²) in [5.74, 6) is 0.202. The summed E-state index contributed by atoms with van der Waals surface area (Å²) in [6, 6.07) is 17.3. The van der Waals surface area contributed by atoms with Crippen LogP contribution in [0.1, 0.15) is 71.9 Å². The number of carbonyl (C=O) groups is 1. The number of benzene rings is 2. The number of nitrogens with zero attached hydrogens (tertiary/aromatic N) is 2. The molecule has 5 rings (SSSR count). The molecule has 3 nitrogen and oxygen atoms in total. The van der Waals surface area contributed by atoms with E-state index in [0.717, 1.165) is 43.5 Å². The fraction of sp³-hybridized carbons (Fsp3) is 0.382. The normalized spacial score (nSPS) is 24.4. The third-order valence-electron chi connectivity index (χ3n) is 8.59. The van der Waals surface area contributed by atoms with Crippen LogP contribution in [0.25, 0.3) is 0 Å². The van der Waals surface area contributed by atoms with E-state index >= 15 is 0 Å². The van der Waals surface area contributed by atoms with E-state index in [1.54, 1.807) is 0 Å². The molecule has 2 aliphatic heterocycles. The molecule has 1 aliphatic carbocycles. The van der Waals surface area contributed by atoms with Gasteiger partial charge in [0.2, 0.25) is 0 Å². The molecule has 0 N–H and O–H groups in total. The Bertz CT molecular complexity index is 1250. The van der Waals surface area contributed by atoms with Gasteiger partial charge in [0.15, 0.2) is 5.78 Å². The summed E-state index contributed by atoms with van der Waals surface area (Å²) < 4.78 is 0. The van der Waals surface area contributed by atoms with Crippen molar-refractivity contribution in [1.82, 2.24) is 0 Å². The lowest BCUT2D eigenvalue weighted by atomic mass is 9.82. The van der Waals surface area contributed by atoms with Crippen LogP contribution >= 0.6 is 0 Å². The van der Waals surface area contributed by atoms with Crippen LogP contribution in [0.3, 0.4) is 0 Å². The first-order chi connectivity index (χ1) is 17.7. The van der Waals surface area contributed by atoms with E-state index in [0.29, 0.717) is 0 Å². The number of carbonyl (C=O) groups excluding carboxylic acids is 1. The van der Waals surface area contributed by atoms with Gasteiger partial charge in [-0.1, -0.05) is 76.2 Å². The average Bonchev–Trinajstić information content (AvgIpc) is 3.25. The molecule has 3 aliphatic rings. The highest BCUT2D eigenvalue weighted by atomic mass is 16.1. The second-order valence-electron chi connectivity index (χ2n) is 11.4. The van der Waals surface area contributed by atoms with Crippen LogP contribution in [0.2, 0.25) is 0 Å². The fourth-order valence-electron chi connectivity index (χ4n) is 6.54. The largest absolute Gasteiger partial charge is 0.344 e. The van der Waals surface area contributed by atoms with E-state index in [4.69, 9.17) is 0 Å². The smallest absolute Gasteiger partial charge is 0.184 e. The Morgan fingerprint density at radius 3 is 1.49 bits per heavy atom. The minimum atomic E-state index is -0.0862. The van der Waals surface area contributed by atoms with Gasteiger partial charge in [-0.25, -0.2) is 0 Å². The minimum Gasteiger partial charge on any atom is -0.344 e. The molecular formula is C34H40N2O. The molecule has 0 spiro atoms. The van der Waals surface area contributed by atoms with Crippen LogP contribution in [0.4, 0.5) is 11.4 Å². The summed E-state index contributed by atoms with van der Waals surface area (Å²) in [4.78, 5) is 18.4. The maximum absolute atomic E-state index is 13.6. The molecule has 1 fully saturated rings. The lowest BCUT2D eigenvalue weighted by Gasteiger charge is -2.26. The number of ketones is 1. The highest BCUT2D eigenvalue weighted by molar-refractivity contribution is 6.09. The topological polar surface area (TPSA) is 23.6 Å². The zero-order valence-corrected chi connectivity index (χ0v) is 23.3. The van der Waals surface area contributed by atoms with Crippen molar-refractivity contribution in [2.24, 2.45) is 0 Å². The molecule has 3 heteroatoms. The number of fused-ring (bicyclic) bond motifs is 2. The molecule has 0 unspecified atom stereocenters. The first-order valence-electron chi connectivity index (χ1n) is 13.8. The maximum Gasteiger partial charge on any atom is 0.184 e. The van der Waals surface area contributed by atoms with Crippen molar-refractivity contribution in [2.75, 3.05) is 22.9 Å². The SMILES string of the molecule is CCN1/C(=C/C=C2\CCC/C(=C\C=C3\N(CC)c4ccccc4C3(C)C)C2=O)C(C)(C)c2ccccc21. The van der Waals surface area contributed by atoms with Crippen LogP contribution in [-0.4, -0.2) is 18.9 Å². The number of hydrogen-bond donors (Lipinski definition) is 0. The molecule has 0 aromatic heterocycles. The number of Topliss-reactive ketones (excluding diaryl/α,β-unsaturated/α-hetero) is 1. The summed E-state index contributed by atoms with van der Waals surface area (Å²) in [6.45, 7) is 15.4. The highest BCUT2D eigenvalue weighted by Crippen LogP contribution is 2.48. The Labute approximate surface area is 222 Å². The Morgan fingerprint density at radius 2 is 1.08 bits per heavy atom. The molecule has 0 amide bonds. The lowest BCUT2D eigenvalue weighted by molar-refractivity contribution is -0.113. The van der Waals surface area contributed by atoms with Crippen molar-refractivity contribution in [3.8, 4) is 0 Å². The predicted molar refractivity (Wildman–Crippen MR) is 156 cm³/mol. The van der Waals surface area contributed by atoms with Gasteiger partial charge in [-0.15, -0.1) is 0 Å². The van der Waals surface area contributed by atoms with Gasteiger partial charge < -0.3 is 9.80 Å². The molecule has 192 valence electrons. The molecule has 37 heavy (non-hydrogen) atoms. The van der Waals surface area contributed by atoms with Gasteiger partial charge in [-0.3, -0.25) is 4.79 Å². The van der Waals surface area contributed by atoms with Crippen LogP contribution < -0.4 is 9.80 Å². The van der Waals surface area contributed by atoms with Crippen LogP contribution in [0.5, 0.6) is 0 Å². The number of rotatable bonds is 4. The molecule has 2 heterocycles. The van der Waals surface area contributed by atoms with Gasteiger partial charge >= 0.3 is 0 Å². The van der Waals surface area contributed by atoms with Gasteiger partial charge in [0.05, 0.1) is 0 Å². The number of likely N-dealkylation sites (N-methyl/N-ethyl adjacent to an activating group) is 2. The van der Waals surface area contributed by atoms with Crippen molar-refractivity contribution in [3.05, 3.63) is 107 Å². The van der Waals surface area contributed by atoms with E-state index in [9.17, 15) is 4.79 Å². The highest BCUT2D eigenvalue weighted by Gasteiger charge is 2.40. The zero-order chi connectivity index (χ0) is 26.4. The molecule has 0 saturated heterocycles. The van der Waals surface area contributed by atoms with Crippen molar-refractivity contribution >= 4 is 17.2 Å². The van der Waals surface area contributed by atoms with Gasteiger partial charge in [0, 0.05) is 46.7 Å². The van der Waals surface area contributed by atoms with Crippen LogP contribution in [0.15, 0.2) is 95.4 Å². The summed E-state index contributed by atoms with van der Waals surface area (Å²) in [5, 5.41) is 0. The first-order valence-corrected chi connectivity index (χ1v) is 13.8. The van der Waals surface area contributed by atoms with Crippen molar-refractivity contribution in [2.45, 2.75) is 71.6 Å². The monoisotopic (exact) mass is 492 g/mol. The van der Waals surface area contributed by atoms with E-state index in [1.165, 1.54) is 33.9 Å². The molecule has 0 radical (unpaired) electrons. The van der Waals surface area contributed by atoms with Gasteiger partial charge in [0.25, 0.3) is 0 Å². The predicted octanol–water partition coefficient (Wildman–Crippen LogP) is 8.00. The molecule has 0 bridgehead atoms. The molecule has 0 atom stereocenters. The van der Waals surface area contributed by atoms with E-state index in [-0.39, 0.29) is 16.6 Å². The maximum atomic E-state index is 13.6. The van der Waals surface area contributed by atoms with E-state index < -0.39 is 0 Å². The second kappa shape index (κ2) is 9.52. The molecule has 2 aromatic rings. The number of para-hydroxylation sites is 2. The minimum absolute atomic E-state index is 0.0862. The Hall–Kier alpha value is -3.33. The zero-order valence-electron chi connectivity index (χ0n) is 23.3. The van der Waals surface area contributed by atoms with Gasteiger partial charge in [-0.05, 0) is 79.7 Å². The lowest BCUT2D eigenvalue weighted by Crippen LogP contribution is -2.26. The van der Waals surface area contributed by atoms with Crippen molar-refractivity contribution in [1.29, 1.82) is 0 Å². The number of anilines is 2. The second-order valence-corrected chi connectivity index (χ2v) is 11.4. The first kappa shape index (κ1) is 25.3. The Balaban J connectivity index is 1.45. The third kappa shape index (κ3) is 4.09. The Morgan fingerprint density at radius 1 is 0.676 bits per heavy atom. The summed E-state index contributed by atoms with van der Waals surface area (Å²) >= 11 is 0. The van der Waals surface area contributed by atoms with Crippen molar-refractivity contribution < 1.29 is 4.79 Å². The number of allylic oxidation sites excluding steroid dienone is 8. The molecule has 2 aromatic carbocycles. The van der Waals surface area contributed by atoms with Crippen LogP contribution in [0, 0.1) is 0 Å². The fourth-order valence-corrected chi connectivity index (χ4v) is 6.54. The van der Waals surface area contributed by atoms with Gasteiger partial charge in [0.1, 0.15) is 0 Å². The third-order valence-corrected chi connectivity index (χ3v) is 8.59. The quantitative estimate of drug-likeness (QED) is 0.404.